The number of amides is 6. The van der Waals surface area contributed by atoms with Crippen LogP contribution in [0.2, 0.25) is 0 Å². The lowest BCUT2D eigenvalue weighted by Crippen LogP contribution is -2.42. The van der Waals surface area contributed by atoms with E-state index in [1.54, 1.807) is 58.3 Å². The second-order valence-electron chi connectivity index (χ2n) is 18.1. The van der Waals surface area contributed by atoms with Crippen molar-refractivity contribution in [2.24, 2.45) is 35.5 Å². The Hall–Kier alpha value is -6.58. The smallest absolute Gasteiger partial charge is 0.225 e. The van der Waals surface area contributed by atoms with Crippen molar-refractivity contribution in [3.8, 4) is 0 Å². The molecule has 4 aromatic carbocycles. The summed E-state index contributed by atoms with van der Waals surface area (Å²) < 4.78 is 53.9. The van der Waals surface area contributed by atoms with Gasteiger partial charge in [-0.2, -0.15) is 0 Å². The zero-order valence-corrected chi connectivity index (χ0v) is 37.9. The lowest BCUT2D eigenvalue weighted by Gasteiger charge is -2.32. The molecule has 2 heterocycles. The van der Waals surface area contributed by atoms with Crippen molar-refractivity contribution in [1.82, 2.24) is 31.1 Å². The number of carbonyl (C=O) groups is 6. The van der Waals surface area contributed by atoms with E-state index in [-0.39, 0.29) is 93.9 Å². The van der Waals surface area contributed by atoms with Crippen LogP contribution in [0.15, 0.2) is 97.1 Å². The van der Waals surface area contributed by atoms with E-state index in [2.05, 4.69) is 21.3 Å². The van der Waals surface area contributed by atoms with Crippen molar-refractivity contribution in [2.75, 3.05) is 52.4 Å². The first-order valence-corrected chi connectivity index (χ1v) is 23.5. The van der Waals surface area contributed by atoms with E-state index >= 15 is 0 Å². The minimum absolute atomic E-state index is 0.00555. The molecule has 6 atom stereocenters. The number of nitrogens with zero attached hydrogens (tertiary/aromatic N) is 2. The maximum Gasteiger partial charge on any atom is 0.225 e. The van der Waals surface area contributed by atoms with Crippen molar-refractivity contribution in [2.45, 2.75) is 51.4 Å². The van der Waals surface area contributed by atoms with Crippen molar-refractivity contribution in [3.05, 3.63) is 143 Å². The first kappa shape index (κ1) is 49.3. The van der Waals surface area contributed by atoms with E-state index in [1.807, 2.05) is 0 Å². The Morgan fingerprint density at radius 3 is 0.868 bits per heavy atom. The molecular weight excluding hydrogens is 881 g/mol. The molecular formula is C52H58F4N6O6. The number of hydrogen-bond acceptors (Lipinski definition) is 6. The molecule has 2 saturated heterocycles. The Bertz CT molecular complexity index is 2080. The highest BCUT2D eigenvalue weighted by atomic mass is 19.1. The highest BCUT2D eigenvalue weighted by Crippen LogP contribution is 2.36. The Morgan fingerprint density at radius 1 is 0.397 bits per heavy atom. The molecule has 68 heavy (non-hydrogen) atoms. The van der Waals surface area contributed by atoms with Crippen LogP contribution in [0, 0.1) is 58.8 Å². The lowest BCUT2D eigenvalue weighted by atomic mass is 9.80. The van der Waals surface area contributed by atoms with E-state index < -0.39 is 59.1 Å². The monoisotopic (exact) mass is 938 g/mol. The van der Waals surface area contributed by atoms with Crippen LogP contribution in [-0.4, -0.2) is 97.6 Å². The Kier molecular flexibility index (Phi) is 17.0. The zero-order chi connectivity index (χ0) is 48.2. The number of hydrogen-bond donors (Lipinski definition) is 4. The highest BCUT2D eigenvalue weighted by molar-refractivity contribution is 5.92. The number of halogens is 4. The summed E-state index contributed by atoms with van der Waals surface area (Å²) >= 11 is 0. The zero-order valence-electron chi connectivity index (χ0n) is 37.9. The number of likely N-dealkylation sites (tertiary alicyclic amines) is 2. The van der Waals surface area contributed by atoms with Gasteiger partial charge in [0.15, 0.2) is 0 Å². The number of rotatable bonds is 18. The average molecular weight is 939 g/mol. The summed E-state index contributed by atoms with van der Waals surface area (Å²) in [5.41, 5.74) is 3.26. The van der Waals surface area contributed by atoms with Gasteiger partial charge in [-0.1, -0.05) is 55.0 Å². The van der Waals surface area contributed by atoms with Crippen LogP contribution < -0.4 is 21.3 Å². The van der Waals surface area contributed by atoms with E-state index in [0.29, 0.717) is 44.9 Å². The van der Waals surface area contributed by atoms with Crippen LogP contribution >= 0.6 is 0 Å². The Morgan fingerprint density at radius 2 is 0.632 bits per heavy atom. The minimum atomic E-state index is -0.860. The fraction of sp³-hybridized carbons (Fsp3) is 0.423. The quantitative estimate of drug-likeness (QED) is 0.104. The second kappa shape index (κ2) is 23.4. The van der Waals surface area contributed by atoms with Crippen LogP contribution in [-0.2, 0) is 54.5 Å². The number of carbonyl (C=O) groups excluding carboxylic acids is 6. The SMILES string of the molecule is O=C(NCCc1ccc(F)cc1)C1CN(C(=O)[C@@H]2CCCC(C(=O)N3CC(C(=O)NCCc4ccc(F)cc4)[C@H](C(=O)NCCc4ccc(F)cc4)C3)C2)CC1C(=O)NCCc1ccc(F)cc1. The molecule has 2 aliphatic heterocycles. The van der Waals surface area contributed by atoms with Crippen molar-refractivity contribution >= 4 is 35.4 Å². The fourth-order valence-electron chi connectivity index (χ4n) is 9.63. The number of benzene rings is 4. The van der Waals surface area contributed by atoms with Gasteiger partial charge in [0.2, 0.25) is 35.4 Å². The molecule has 4 aromatic rings. The van der Waals surface area contributed by atoms with Gasteiger partial charge >= 0.3 is 0 Å². The van der Waals surface area contributed by atoms with Crippen LogP contribution in [0.3, 0.4) is 0 Å². The average Bonchev–Trinajstić information content (AvgIpc) is 4.01. The molecule has 0 bridgehead atoms. The molecule has 360 valence electrons. The maximum absolute atomic E-state index is 14.3. The largest absolute Gasteiger partial charge is 0.355 e. The van der Waals surface area contributed by atoms with E-state index in [9.17, 15) is 46.3 Å². The van der Waals surface area contributed by atoms with Crippen molar-refractivity contribution < 1.29 is 46.3 Å². The lowest BCUT2D eigenvalue weighted by molar-refractivity contribution is -0.140. The van der Waals surface area contributed by atoms with Crippen LogP contribution in [0.5, 0.6) is 0 Å². The summed E-state index contributed by atoms with van der Waals surface area (Å²) in [7, 11) is 0. The molecule has 4 N–H and O–H groups in total. The fourth-order valence-corrected chi connectivity index (χ4v) is 9.63. The second-order valence-corrected chi connectivity index (χ2v) is 18.1. The van der Waals surface area contributed by atoms with Gasteiger partial charge in [-0.3, -0.25) is 28.8 Å². The van der Waals surface area contributed by atoms with Gasteiger partial charge in [-0.15, -0.1) is 0 Å². The van der Waals surface area contributed by atoms with Gasteiger partial charge in [0.1, 0.15) is 23.3 Å². The van der Waals surface area contributed by atoms with Gasteiger partial charge < -0.3 is 31.1 Å². The van der Waals surface area contributed by atoms with Crippen molar-refractivity contribution in [3.63, 3.8) is 0 Å². The van der Waals surface area contributed by atoms with Crippen LogP contribution in [0.25, 0.3) is 0 Å². The summed E-state index contributed by atoms with van der Waals surface area (Å²) in [5, 5.41) is 11.6. The molecule has 7 rings (SSSR count). The predicted octanol–water partition coefficient (Wildman–Crippen LogP) is 4.93. The standard InChI is InChI=1S/C52H58F4N6O6/c53-39-12-4-33(5-13-39)20-24-57-47(63)43-29-61(30-44(43)48(64)58-25-21-34-6-14-40(54)15-7-34)51(67)37-2-1-3-38(28-37)52(68)62-31-45(49(65)59-26-22-35-8-16-41(55)17-9-35)46(32-62)50(66)60-27-23-36-10-18-42(56)19-11-36/h4-19,37-38,43-46H,1-3,20-32H2,(H,57,63)(H,58,64)(H,59,65)(H,60,66)/t37-,38?,43?,44?,45-,46?/m1/s1. The molecule has 3 fully saturated rings. The summed E-state index contributed by atoms with van der Waals surface area (Å²) in [6, 6.07) is 23.7. The molecule has 6 amide bonds. The molecule has 3 aliphatic rings. The first-order chi connectivity index (χ1) is 32.8. The van der Waals surface area contributed by atoms with Gasteiger partial charge in [-0.25, -0.2) is 17.6 Å². The van der Waals surface area contributed by atoms with E-state index in [1.165, 1.54) is 48.5 Å². The summed E-state index contributed by atoms with van der Waals surface area (Å²) in [5.74, 6) is -8.16. The molecule has 16 heteroatoms. The molecule has 4 unspecified atom stereocenters. The van der Waals surface area contributed by atoms with E-state index in [4.69, 9.17) is 0 Å². The first-order valence-electron chi connectivity index (χ1n) is 23.5. The normalized spacial score (nSPS) is 21.2. The third kappa shape index (κ3) is 13.3. The van der Waals surface area contributed by atoms with Gasteiger partial charge in [0.05, 0.1) is 23.7 Å². The third-order valence-corrected chi connectivity index (χ3v) is 13.5. The third-order valence-electron chi connectivity index (χ3n) is 13.5. The summed E-state index contributed by atoms with van der Waals surface area (Å²) in [6.07, 6.45) is 3.49. The summed E-state index contributed by atoms with van der Waals surface area (Å²) in [4.78, 5) is 86.7. The van der Waals surface area contributed by atoms with Crippen LogP contribution in [0.1, 0.15) is 47.9 Å². The molecule has 0 spiro atoms. The molecule has 12 nitrogen and oxygen atoms in total. The Balaban J connectivity index is 0.982. The maximum atomic E-state index is 14.3. The molecule has 0 aromatic heterocycles. The van der Waals surface area contributed by atoms with Gasteiger partial charge in [-0.05, 0) is 116 Å². The Labute approximate surface area is 393 Å². The molecule has 1 saturated carbocycles. The van der Waals surface area contributed by atoms with Gasteiger partial charge in [0.25, 0.3) is 0 Å². The summed E-state index contributed by atoms with van der Waals surface area (Å²) in [6.45, 7) is 0.897. The minimum Gasteiger partial charge on any atom is -0.355 e. The number of nitrogens with one attached hydrogen (secondary N) is 4. The molecule has 1 aliphatic carbocycles. The highest BCUT2D eigenvalue weighted by Gasteiger charge is 2.48. The topological polar surface area (TPSA) is 157 Å². The van der Waals surface area contributed by atoms with Gasteiger partial charge in [0, 0.05) is 64.2 Å². The molecule has 0 radical (unpaired) electrons. The predicted molar refractivity (Wildman–Crippen MR) is 245 cm³/mol. The van der Waals surface area contributed by atoms with Crippen molar-refractivity contribution in [1.29, 1.82) is 0 Å². The van der Waals surface area contributed by atoms with Crippen LogP contribution in [0.4, 0.5) is 17.6 Å². The van der Waals surface area contributed by atoms with E-state index in [0.717, 1.165) is 22.3 Å².